The summed E-state index contributed by atoms with van der Waals surface area (Å²) in [6, 6.07) is 5.36. The van der Waals surface area contributed by atoms with Crippen molar-refractivity contribution in [3.05, 3.63) is 45.9 Å². The normalized spacial score (nSPS) is 16.5. The molecule has 3 rings (SSSR count). The minimum atomic E-state index is -3.51. The molecule has 140 valence electrons. The first-order valence-electron chi connectivity index (χ1n) is 8.59. The number of piperidine rings is 1. The second-order valence-electron chi connectivity index (χ2n) is 6.70. The summed E-state index contributed by atoms with van der Waals surface area (Å²) in [5.41, 5.74) is 4.44. The molecule has 1 saturated heterocycles. The molecule has 1 aromatic heterocycles. The molecular weight excluding hydrogens is 370 g/mol. The molecule has 1 aliphatic heterocycles. The molecule has 0 spiro atoms. The van der Waals surface area contributed by atoms with Crippen molar-refractivity contribution >= 4 is 27.3 Å². The van der Waals surface area contributed by atoms with Crippen LogP contribution < -0.4 is 5.32 Å². The van der Waals surface area contributed by atoms with Gasteiger partial charge in [0.25, 0.3) is 0 Å². The zero-order valence-electron chi connectivity index (χ0n) is 14.9. The van der Waals surface area contributed by atoms with Crippen molar-refractivity contribution in [2.24, 2.45) is 5.92 Å². The molecule has 1 aliphatic rings. The lowest BCUT2D eigenvalue weighted by atomic mass is 9.97. The molecule has 0 aliphatic carbocycles. The summed E-state index contributed by atoms with van der Waals surface area (Å²) in [6.45, 7) is 4.94. The third kappa shape index (κ3) is 4.31. The molecule has 6 nitrogen and oxygen atoms in total. The lowest BCUT2D eigenvalue weighted by Crippen LogP contribution is -2.42. The van der Waals surface area contributed by atoms with Crippen molar-refractivity contribution in [2.45, 2.75) is 38.1 Å². The zero-order chi connectivity index (χ0) is 18.7. The standard InChI is InChI=1S/C18H23N3O3S2/c1-13-7-14(2)9-17(8-13)26(23,24)21-5-3-15(4-6-21)18(22)19-10-16-11-25-12-20-16/h7-9,11-12,15H,3-6,10H2,1-2H3,(H,19,22). The largest absolute Gasteiger partial charge is 0.350 e. The van der Waals surface area contributed by atoms with Gasteiger partial charge in [-0.05, 0) is 49.9 Å². The van der Waals surface area contributed by atoms with Gasteiger partial charge in [0, 0.05) is 24.4 Å². The summed E-state index contributed by atoms with van der Waals surface area (Å²) < 4.78 is 27.2. The highest BCUT2D eigenvalue weighted by molar-refractivity contribution is 7.89. The number of carbonyl (C=O) groups is 1. The van der Waals surface area contributed by atoms with Gasteiger partial charge in [-0.1, -0.05) is 6.07 Å². The van der Waals surface area contributed by atoms with Gasteiger partial charge in [-0.2, -0.15) is 4.31 Å². The van der Waals surface area contributed by atoms with E-state index in [4.69, 9.17) is 0 Å². The number of nitrogens with one attached hydrogen (secondary N) is 1. The van der Waals surface area contributed by atoms with Crippen LogP contribution in [-0.4, -0.2) is 36.7 Å². The first kappa shape index (κ1) is 19.0. The van der Waals surface area contributed by atoms with E-state index in [2.05, 4.69) is 10.3 Å². The summed E-state index contributed by atoms with van der Waals surface area (Å²) in [5.74, 6) is -0.180. The molecule has 0 saturated carbocycles. The van der Waals surface area contributed by atoms with Crippen molar-refractivity contribution in [3.63, 3.8) is 0 Å². The number of sulfonamides is 1. The summed E-state index contributed by atoms with van der Waals surface area (Å²) in [7, 11) is -3.51. The van der Waals surface area contributed by atoms with Crippen molar-refractivity contribution < 1.29 is 13.2 Å². The molecule has 0 unspecified atom stereocenters. The van der Waals surface area contributed by atoms with Crippen LogP contribution in [0.1, 0.15) is 29.7 Å². The number of nitrogens with zero attached hydrogens (tertiary/aromatic N) is 2. The Morgan fingerprint density at radius 2 is 1.88 bits per heavy atom. The fraction of sp³-hybridized carbons (Fsp3) is 0.444. The molecule has 0 bridgehead atoms. The van der Waals surface area contributed by atoms with Crippen LogP contribution in [0.25, 0.3) is 0 Å². The minimum absolute atomic E-state index is 0.0264. The Labute approximate surface area is 158 Å². The Bertz CT molecular complexity index is 851. The van der Waals surface area contributed by atoms with Gasteiger partial charge in [0.2, 0.25) is 15.9 Å². The number of aromatic nitrogens is 1. The maximum absolute atomic E-state index is 12.9. The lowest BCUT2D eigenvalue weighted by molar-refractivity contribution is -0.126. The quantitative estimate of drug-likeness (QED) is 0.846. The Kier molecular flexibility index (Phi) is 5.74. The highest BCUT2D eigenvalue weighted by Crippen LogP contribution is 2.25. The molecule has 1 aromatic carbocycles. The van der Waals surface area contributed by atoms with Crippen molar-refractivity contribution in [2.75, 3.05) is 13.1 Å². The van der Waals surface area contributed by atoms with Crippen LogP contribution in [0.4, 0.5) is 0 Å². The van der Waals surface area contributed by atoms with Crippen molar-refractivity contribution in [1.29, 1.82) is 0 Å². The third-order valence-corrected chi connectivity index (χ3v) is 7.10. The minimum Gasteiger partial charge on any atom is -0.350 e. The number of aryl methyl sites for hydroxylation is 2. The topological polar surface area (TPSA) is 79.4 Å². The van der Waals surface area contributed by atoms with E-state index < -0.39 is 10.0 Å². The second-order valence-corrected chi connectivity index (χ2v) is 9.36. The molecule has 0 radical (unpaired) electrons. The van der Waals surface area contributed by atoms with E-state index in [0.717, 1.165) is 16.8 Å². The van der Waals surface area contributed by atoms with Gasteiger partial charge in [0.1, 0.15) is 0 Å². The fourth-order valence-corrected chi connectivity index (χ4v) is 5.45. The number of rotatable bonds is 5. The monoisotopic (exact) mass is 393 g/mol. The summed E-state index contributed by atoms with van der Waals surface area (Å²) >= 11 is 1.49. The van der Waals surface area contributed by atoms with E-state index in [1.807, 2.05) is 25.3 Å². The second kappa shape index (κ2) is 7.85. The average Bonchev–Trinajstić information content (AvgIpc) is 3.12. The molecule has 2 heterocycles. The first-order valence-corrected chi connectivity index (χ1v) is 11.0. The van der Waals surface area contributed by atoms with Crippen LogP contribution in [0.2, 0.25) is 0 Å². The fourth-order valence-electron chi connectivity index (χ4n) is 3.24. The van der Waals surface area contributed by atoms with Crippen molar-refractivity contribution in [1.82, 2.24) is 14.6 Å². The van der Waals surface area contributed by atoms with E-state index in [1.54, 1.807) is 17.6 Å². The molecule has 26 heavy (non-hydrogen) atoms. The van der Waals surface area contributed by atoms with Crippen LogP contribution in [0, 0.1) is 19.8 Å². The predicted octanol–water partition coefficient (Wildman–Crippen LogP) is 2.48. The van der Waals surface area contributed by atoms with Gasteiger partial charge < -0.3 is 5.32 Å². The lowest BCUT2D eigenvalue weighted by Gasteiger charge is -2.30. The molecule has 8 heteroatoms. The Morgan fingerprint density at radius 1 is 1.23 bits per heavy atom. The van der Waals surface area contributed by atoms with Gasteiger partial charge in [0.15, 0.2) is 0 Å². The number of carbonyl (C=O) groups excluding carboxylic acids is 1. The summed E-state index contributed by atoms with van der Waals surface area (Å²) in [4.78, 5) is 16.8. The van der Waals surface area contributed by atoms with Crippen molar-refractivity contribution in [3.8, 4) is 0 Å². The zero-order valence-corrected chi connectivity index (χ0v) is 16.6. The van der Waals surface area contributed by atoms with Crippen LogP contribution >= 0.6 is 11.3 Å². The summed E-state index contributed by atoms with van der Waals surface area (Å²) in [5, 5.41) is 4.79. The SMILES string of the molecule is Cc1cc(C)cc(S(=O)(=O)N2CCC(C(=O)NCc3cscn3)CC2)c1. The van der Waals surface area contributed by atoms with Crippen LogP contribution in [0.3, 0.4) is 0 Å². The van der Waals surface area contributed by atoms with Gasteiger partial charge >= 0.3 is 0 Å². The number of hydrogen-bond acceptors (Lipinski definition) is 5. The maximum atomic E-state index is 12.9. The molecule has 1 N–H and O–H groups in total. The van der Waals surface area contributed by atoms with E-state index in [-0.39, 0.29) is 11.8 Å². The predicted molar refractivity (Wildman–Crippen MR) is 101 cm³/mol. The highest BCUT2D eigenvalue weighted by atomic mass is 32.2. The number of amides is 1. The third-order valence-electron chi connectivity index (χ3n) is 4.58. The average molecular weight is 394 g/mol. The molecule has 1 fully saturated rings. The van der Waals surface area contributed by atoms with Gasteiger partial charge in [-0.15, -0.1) is 11.3 Å². The Morgan fingerprint density at radius 3 is 2.46 bits per heavy atom. The number of thiazole rings is 1. The van der Waals surface area contributed by atoms with E-state index >= 15 is 0 Å². The molecule has 1 amide bonds. The van der Waals surface area contributed by atoms with E-state index in [9.17, 15) is 13.2 Å². The van der Waals surface area contributed by atoms with Gasteiger partial charge in [-0.3, -0.25) is 4.79 Å². The molecule has 2 aromatic rings. The van der Waals surface area contributed by atoms with Crippen LogP contribution in [0.15, 0.2) is 34.0 Å². The first-order chi connectivity index (χ1) is 12.4. The maximum Gasteiger partial charge on any atom is 0.243 e. The van der Waals surface area contributed by atoms with Crippen LogP contribution in [0.5, 0.6) is 0 Å². The smallest absolute Gasteiger partial charge is 0.243 e. The van der Waals surface area contributed by atoms with Gasteiger partial charge in [-0.25, -0.2) is 13.4 Å². The number of benzene rings is 1. The number of hydrogen-bond donors (Lipinski definition) is 1. The van der Waals surface area contributed by atoms with E-state index in [0.29, 0.717) is 37.4 Å². The van der Waals surface area contributed by atoms with Crippen LogP contribution in [-0.2, 0) is 21.4 Å². The molecule has 0 atom stereocenters. The van der Waals surface area contributed by atoms with Gasteiger partial charge in [0.05, 0.1) is 22.6 Å². The summed E-state index contributed by atoms with van der Waals surface area (Å²) in [6.07, 6.45) is 1.07. The highest BCUT2D eigenvalue weighted by Gasteiger charge is 2.32. The van der Waals surface area contributed by atoms with E-state index in [1.165, 1.54) is 15.6 Å². The Hall–Kier alpha value is -1.77. The Balaban J connectivity index is 1.59. The molecular formula is C18H23N3O3S2.